The summed E-state index contributed by atoms with van der Waals surface area (Å²) in [4.78, 5) is 100. The maximum atomic E-state index is 14.8. The lowest BCUT2D eigenvalue weighted by atomic mass is 9.70. The van der Waals surface area contributed by atoms with Gasteiger partial charge in [-0.1, -0.05) is 42.8 Å². The van der Waals surface area contributed by atoms with Gasteiger partial charge in [-0.3, -0.25) is 42.9 Å². The molecule has 7 amide bonds. The van der Waals surface area contributed by atoms with E-state index in [2.05, 4.69) is 55.3 Å². The standard InChI is InChI=1S/C47H70Cl2N14O7S/c1-6-20-61(30-44(69)62(29-39(50)64)27-34-25-58(4)56-54-34)43(68)31-63(28-35-26-59(5)57-55-35)45(70)37(52-41(66)12-8-7-11-38-46(2)23-42(67)53-47(46,3)32-71-38)24-51-40(65)13-9-10-33-14-16-36(17-15-33)60(21-18-48)22-19-49/h14-17,25-26,37-38H,6-13,18-24,27-32H2,1-5H3,(H2,50,64)(H,51,65)(H,52,66)(H,53,67)/t37?,38-,46+,47-/m0/s1. The van der Waals surface area contributed by atoms with Gasteiger partial charge < -0.3 is 41.3 Å². The van der Waals surface area contributed by atoms with Gasteiger partial charge in [0.2, 0.25) is 41.4 Å². The molecule has 71 heavy (non-hydrogen) atoms. The summed E-state index contributed by atoms with van der Waals surface area (Å²) < 4.78 is 2.90. The van der Waals surface area contributed by atoms with Crippen molar-refractivity contribution in [1.82, 2.24) is 60.6 Å². The molecular formula is C47H70Cl2N14O7S. The molecule has 2 fully saturated rings. The Morgan fingerprint density at radius 2 is 1.45 bits per heavy atom. The van der Waals surface area contributed by atoms with Crippen LogP contribution < -0.4 is 26.6 Å². The minimum Gasteiger partial charge on any atom is -0.369 e. The van der Waals surface area contributed by atoms with Crippen molar-refractivity contribution in [2.45, 2.75) is 108 Å². The molecule has 1 unspecified atom stereocenters. The van der Waals surface area contributed by atoms with Crippen molar-refractivity contribution in [3.05, 3.63) is 53.6 Å². The quantitative estimate of drug-likeness (QED) is 0.0551. The van der Waals surface area contributed by atoms with E-state index in [4.69, 9.17) is 28.9 Å². The van der Waals surface area contributed by atoms with Gasteiger partial charge in [-0.05, 0) is 56.7 Å². The Morgan fingerprint density at radius 3 is 2.04 bits per heavy atom. The number of nitrogens with zero attached hydrogens (tertiary/aromatic N) is 10. The predicted octanol–water partition coefficient (Wildman–Crippen LogP) is 1.89. The highest BCUT2D eigenvalue weighted by Crippen LogP contribution is 2.56. The first-order chi connectivity index (χ1) is 33.9. The Balaban J connectivity index is 1.29. The molecule has 4 atom stereocenters. The van der Waals surface area contributed by atoms with Gasteiger partial charge in [-0.15, -0.1) is 33.4 Å². The Kier molecular flexibility index (Phi) is 21.3. The molecule has 3 aromatic rings. The highest BCUT2D eigenvalue weighted by Gasteiger charge is 2.60. The maximum absolute atomic E-state index is 14.8. The van der Waals surface area contributed by atoms with Gasteiger partial charge in [0, 0.05) is 106 Å². The van der Waals surface area contributed by atoms with Crippen LogP contribution in [-0.2, 0) is 67.2 Å². The van der Waals surface area contributed by atoms with Crippen molar-refractivity contribution in [1.29, 1.82) is 0 Å². The molecule has 5 rings (SSSR count). The van der Waals surface area contributed by atoms with E-state index < -0.39 is 55.2 Å². The minimum absolute atomic E-state index is 0.0598. The monoisotopic (exact) mass is 1040 g/mol. The fourth-order valence-electron chi connectivity index (χ4n) is 9.10. The zero-order chi connectivity index (χ0) is 51.7. The molecule has 2 aromatic heterocycles. The molecule has 0 radical (unpaired) electrons. The topological polar surface area (TPSA) is 256 Å². The van der Waals surface area contributed by atoms with Crippen molar-refractivity contribution in [2.75, 3.05) is 68.2 Å². The lowest BCUT2D eigenvalue weighted by Gasteiger charge is -2.36. The largest absolute Gasteiger partial charge is 0.369 e. The highest BCUT2D eigenvalue weighted by atomic mass is 35.5. The van der Waals surface area contributed by atoms with Gasteiger partial charge in [0.1, 0.15) is 24.0 Å². The van der Waals surface area contributed by atoms with Gasteiger partial charge in [0.05, 0.1) is 31.7 Å². The summed E-state index contributed by atoms with van der Waals surface area (Å²) in [6.45, 7) is 5.63. The number of fused-ring (bicyclic) bond motifs is 1. The smallest absolute Gasteiger partial charge is 0.247 e. The third kappa shape index (κ3) is 16.3. The van der Waals surface area contributed by atoms with E-state index in [1.807, 2.05) is 43.0 Å². The van der Waals surface area contributed by atoms with Gasteiger partial charge in [0.25, 0.3) is 0 Å². The zero-order valence-corrected chi connectivity index (χ0v) is 43.9. The number of carbonyl (C=O) groups is 7. The van der Waals surface area contributed by atoms with E-state index in [0.29, 0.717) is 68.3 Å². The average molecular weight is 1050 g/mol. The number of thioether (sulfide) groups is 1. The van der Waals surface area contributed by atoms with Gasteiger partial charge >= 0.3 is 0 Å². The van der Waals surface area contributed by atoms with E-state index in [1.54, 1.807) is 26.5 Å². The lowest BCUT2D eigenvalue weighted by molar-refractivity contribution is -0.146. The minimum atomic E-state index is -1.28. The van der Waals surface area contributed by atoms with Crippen LogP contribution in [-0.4, -0.2) is 166 Å². The molecule has 0 bridgehead atoms. The van der Waals surface area contributed by atoms with Gasteiger partial charge in [-0.2, -0.15) is 11.8 Å². The predicted molar refractivity (Wildman–Crippen MR) is 271 cm³/mol. The fraction of sp³-hybridized carbons (Fsp3) is 0.638. The molecule has 0 aliphatic carbocycles. The number of rotatable bonds is 30. The number of hydrogen-bond acceptors (Lipinski definition) is 13. The summed E-state index contributed by atoms with van der Waals surface area (Å²) in [7, 11) is 3.32. The van der Waals surface area contributed by atoms with Crippen molar-refractivity contribution in [3.8, 4) is 0 Å². The number of hydrogen-bond donors (Lipinski definition) is 4. The van der Waals surface area contributed by atoms with Crippen LogP contribution >= 0.6 is 35.0 Å². The number of anilines is 1. The molecule has 0 spiro atoms. The van der Waals surface area contributed by atoms with Crippen molar-refractivity contribution in [2.24, 2.45) is 25.2 Å². The van der Waals surface area contributed by atoms with Crippen LogP contribution in [0.1, 0.15) is 89.1 Å². The first-order valence-electron chi connectivity index (χ1n) is 24.1. The number of unbranched alkanes of at least 4 members (excludes halogenated alkanes) is 1. The fourth-order valence-corrected chi connectivity index (χ4v) is 11.5. The Hall–Kier alpha value is -5.48. The Bertz CT molecular complexity index is 2300. The van der Waals surface area contributed by atoms with E-state index in [9.17, 15) is 33.6 Å². The number of benzene rings is 1. The van der Waals surface area contributed by atoms with Crippen LogP contribution in [0.25, 0.3) is 0 Å². The number of halogens is 2. The number of aryl methyl sites for hydroxylation is 3. The summed E-state index contributed by atoms with van der Waals surface area (Å²) >= 11 is 13.8. The molecule has 24 heteroatoms. The summed E-state index contributed by atoms with van der Waals surface area (Å²) in [5.41, 5.74) is 7.82. The molecule has 2 aliphatic rings. The van der Waals surface area contributed by atoms with Crippen molar-refractivity contribution in [3.63, 3.8) is 0 Å². The molecule has 4 heterocycles. The van der Waals surface area contributed by atoms with E-state index in [0.717, 1.165) is 29.8 Å². The first kappa shape index (κ1) is 56.4. The summed E-state index contributed by atoms with van der Waals surface area (Å²) in [6.07, 6.45) is 7.54. The molecule has 2 saturated heterocycles. The normalized spacial score (nSPS) is 18.6. The van der Waals surface area contributed by atoms with Crippen LogP contribution in [0.5, 0.6) is 0 Å². The number of primary amides is 1. The molecule has 1 aromatic carbocycles. The van der Waals surface area contributed by atoms with Crippen LogP contribution in [0.4, 0.5) is 5.69 Å². The van der Waals surface area contributed by atoms with E-state index >= 15 is 0 Å². The number of aromatic nitrogens is 6. The second kappa shape index (κ2) is 26.8. The SMILES string of the molecule is CCCN(CC(=O)N(CC(N)=O)Cc1cn(C)nn1)C(=O)CN(Cc1cn(C)nn1)C(=O)C(CNC(=O)CCCc1ccc(N(CCCl)CCCl)cc1)NC(=O)CCCC[C@@H]1SC[C@]2(C)NC(=O)C[C@]12C. The van der Waals surface area contributed by atoms with E-state index in [1.165, 1.54) is 24.1 Å². The second-order valence-corrected chi connectivity index (χ2v) is 20.8. The van der Waals surface area contributed by atoms with Gasteiger partial charge in [0.15, 0.2) is 0 Å². The van der Waals surface area contributed by atoms with Crippen molar-refractivity contribution >= 4 is 82.0 Å². The number of nitrogens with two attached hydrogens (primary N) is 1. The van der Waals surface area contributed by atoms with Crippen LogP contribution in [0.15, 0.2) is 36.7 Å². The molecule has 2 aliphatic heterocycles. The molecule has 5 N–H and O–H groups in total. The number of amides is 7. The lowest BCUT2D eigenvalue weighted by Crippen LogP contribution is -2.55. The maximum Gasteiger partial charge on any atom is 0.247 e. The van der Waals surface area contributed by atoms with Crippen LogP contribution in [0.2, 0.25) is 0 Å². The summed E-state index contributed by atoms with van der Waals surface area (Å²) in [5, 5.41) is 25.1. The molecule has 21 nitrogen and oxygen atoms in total. The zero-order valence-electron chi connectivity index (χ0n) is 41.5. The summed E-state index contributed by atoms with van der Waals surface area (Å²) in [6, 6.07) is 6.73. The number of alkyl halides is 2. The first-order valence-corrected chi connectivity index (χ1v) is 26.3. The third-order valence-electron chi connectivity index (χ3n) is 13.1. The Morgan fingerprint density at radius 1 is 0.845 bits per heavy atom. The van der Waals surface area contributed by atoms with Crippen molar-refractivity contribution < 1.29 is 33.6 Å². The van der Waals surface area contributed by atoms with Crippen LogP contribution in [0.3, 0.4) is 0 Å². The summed E-state index contributed by atoms with van der Waals surface area (Å²) in [5.74, 6) is -1.50. The number of carbonyl (C=O) groups excluding carboxylic acids is 7. The average Bonchev–Trinajstić information content (AvgIpc) is 4.05. The molecular weight excluding hydrogens is 976 g/mol. The molecule has 0 saturated carbocycles. The molecule has 390 valence electrons. The van der Waals surface area contributed by atoms with E-state index in [-0.39, 0.29) is 67.0 Å². The number of nitrogens with one attached hydrogen (secondary N) is 3. The third-order valence-corrected chi connectivity index (χ3v) is 15.4. The highest BCUT2D eigenvalue weighted by molar-refractivity contribution is 8.00. The van der Waals surface area contributed by atoms with Crippen LogP contribution in [0, 0.1) is 5.41 Å². The second-order valence-electron chi connectivity index (χ2n) is 18.8. The Labute approximate surface area is 430 Å². The van der Waals surface area contributed by atoms with Gasteiger partial charge in [-0.25, -0.2) is 0 Å².